The standard InChI is InChI=1S/C18H20N6O3S/c1-27-15-7-6-11(10-12(15)17(25)20-9-3-8-19)21-18(26)22-13-4-2-5-14-16(13)24-28-23-14/h2,4-7,10H,3,8-9,19H2,1H3,(H,20,25)(H2,21,22,26). The number of amides is 3. The molecule has 2 aromatic carbocycles. The van der Waals surface area contributed by atoms with Crippen LogP contribution in [0.4, 0.5) is 16.2 Å². The van der Waals surface area contributed by atoms with Gasteiger partial charge in [-0.1, -0.05) is 6.07 Å². The fourth-order valence-corrected chi connectivity index (χ4v) is 3.10. The number of urea groups is 1. The molecular weight excluding hydrogens is 380 g/mol. The number of anilines is 2. The number of hydrogen-bond donors (Lipinski definition) is 4. The molecule has 1 heterocycles. The molecule has 0 radical (unpaired) electrons. The highest BCUT2D eigenvalue weighted by Gasteiger charge is 2.14. The number of nitrogens with one attached hydrogen (secondary N) is 3. The Bertz CT molecular complexity index is 990. The van der Waals surface area contributed by atoms with E-state index in [4.69, 9.17) is 10.5 Å². The number of fused-ring (bicyclic) bond motifs is 1. The first-order chi connectivity index (χ1) is 13.6. The van der Waals surface area contributed by atoms with Crippen LogP contribution in [0.1, 0.15) is 16.8 Å². The molecule has 1 aromatic heterocycles. The number of hydrogen-bond acceptors (Lipinski definition) is 7. The summed E-state index contributed by atoms with van der Waals surface area (Å²) in [4.78, 5) is 24.8. The minimum Gasteiger partial charge on any atom is -0.496 e. The average molecular weight is 400 g/mol. The van der Waals surface area contributed by atoms with Crippen molar-refractivity contribution in [3.8, 4) is 5.75 Å². The van der Waals surface area contributed by atoms with Crippen molar-refractivity contribution in [2.45, 2.75) is 6.42 Å². The van der Waals surface area contributed by atoms with E-state index in [2.05, 4.69) is 24.7 Å². The van der Waals surface area contributed by atoms with Crippen molar-refractivity contribution in [3.05, 3.63) is 42.0 Å². The molecule has 0 spiro atoms. The first kappa shape index (κ1) is 19.5. The van der Waals surface area contributed by atoms with Gasteiger partial charge in [0.05, 0.1) is 30.1 Å². The van der Waals surface area contributed by atoms with E-state index in [0.29, 0.717) is 53.2 Å². The number of aromatic nitrogens is 2. The zero-order valence-corrected chi connectivity index (χ0v) is 16.0. The van der Waals surface area contributed by atoms with Crippen LogP contribution in [0.3, 0.4) is 0 Å². The molecule has 28 heavy (non-hydrogen) atoms. The van der Waals surface area contributed by atoms with E-state index in [0.717, 1.165) is 11.7 Å². The summed E-state index contributed by atoms with van der Waals surface area (Å²) >= 11 is 1.08. The summed E-state index contributed by atoms with van der Waals surface area (Å²) in [6, 6.07) is 9.73. The molecule has 3 amide bonds. The van der Waals surface area contributed by atoms with Crippen molar-refractivity contribution >= 4 is 46.1 Å². The van der Waals surface area contributed by atoms with Crippen LogP contribution in [0, 0.1) is 0 Å². The summed E-state index contributed by atoms with van der Waals surface area (Å²) < 4.78 is 13.6. The number of nitrogens with two attached hydrogens (primary N) is 1. The zero-order chi connectivity index (χ0) is 19.9. The molecule has 5 N–H and O–H groups in total. The zero-order valence-electron chi connectivity index (χ0n) is 15.2. The first-order valence-corrected chi connectivity index (χ1v) is 9.31. The van der Waals surface area contributed by atoms with E-state index in [1.165, 1.54) is 7.11 Å². The van der Waals surface area contributed by atoms with Crippen molar-refractivity contribution in [1.29, 1.82) is 0 Å². The van der Waals surface area contributed by atoms with Crippen LogP contribution in [-0.4, -0.2) is 40.9 Å². The second kappa shape index (κ2) is 9.11. The highest BCUT2D eigenvalue weighted by molar-refractivity contribution is 7.00. The lowest BCUT2D eigenvalue weighted by Gasteiger charge is -2.12. The van der Waals surface area contributed by atoms with Crippen molar-refractivity contribution in [3.63, 3.8) is 0 Å². The molecule has 0 atom stereocenters. The minimum atomic E-state index is -0.458. The highest BCUT2D eigenvalue weighted by Crippen LogP contribution is 2.24. The van der Waals surface area contributed by atoms with Gasteiger partial charge in [0.15, 0.2) is 0 Å². The predicted molar refractivity (Wildman–Crippen MR) is 109 cm³/mol. The first-order valence-electron chi connectivity index (χ1n) is 8.58. The lowest BCUT2D eigenvalue weighted by atomic mass is 10.1. The van der Waals surface area contributed by atoms with Gasteiger partial charge in [0, 0.05) is 12.2 Å². The van der Waals surface area contributed by atoms with E-state index < -0.39 is 6.03 Å². The van der Waals surface area contributed by atoms with Crippen molar-refractivity contribution in [2.24, 2.45) is 5.73 Å². The van der Waals surface area contributed by atoms with Crippen LogP contribution < -0.4 is 26.4 Å². The van der Waals surface area contributed by atoms with Gasteiger partial charge in [-0.05, 0) is 43.3 Å². The Balaban J connectivity index is 1.72. The lowest BCUT2D eigenvalue weighted by molar-refractivity contribution is 0.0950. The molecule has 0 unspecified atom stereocenters. The molecule has 3 rings (SSSR count). The van der Waals surface area contributed by atoms with E-state index in [9.17, 15) is 9.59 Å². The van der Waals surface area contributed by atoms with Gasteiger partial charge in [0.1, 0.15) is 16.8 Å². The van der Waals surface area contributed by atoms with Gasteiger partial charge in [-0.25, -0.2) is 4.79 Å². The average Bonchev–Trinajstić information content (AvgIpc) is 3.18. The summed E-state index contributed by atoms with van der Waals surface area (Å²) in [6.07, 6.45) is 0.672. The van der Waals surface area contributed by atoms with Gasteiger partial charge in [0.2, 0.25) is 0 Å². The number of carbonyl (C=O) groups is 2. The number of nitrogens with zero attached hydrogens (tertiary/aromatic N) is 2. The van der Waals surface area contributed by atoms with E-state index in [1.54, 1.807) is 30.3 Å². The minimum absolute atomic E-state index is 0.298. The third-order valence-corrected chi connectivity index (χ3v) is 4.45. The third kappa shape index (κ3) is 4.53. The Hall–Kier alpha value is -3.24. The molecular formula is C18H20N6O3S. The van der Waals surface area contributed by atoms with Crippen LogP contribution in [0.2, 0.25) is 0 Å². The molecule has 0 aliphatic heterocycles. The number of carbonyl (C=O) groups excluding carboxylic acids is 2. The topological polar surface area (TPSA) is 131 Å². The molecule has 10 heteroatoms. The van der Waals surface area contributed by atoms with Gasteiger partial charge >= 0.3 is 6.03 Å². The third-order valence-electron chi connectivity index (χ3n) is 3.90. The van der Waals surface area contributed by atoms with Gasteiger partial charge in [-0.2, -0.15) is 8.75 Å². The van der Waals surface area contributed by atoms with Crippen molar-refractivity contribution in [2.75, 3.05) is 30.8 Å². The molecule has 146 valence electrons. The van der Waals surface area contributed by atoms with Gasteiger partial charge in [-0.3, -0.25) is 4.79 Å². The molecule has 0 aliphatic rings. The van der Waals surface area contributed by atoms with Crippen molar-refractivity contribution in [1.82, 2.24) is 14.1 Å². The number of ether oxygens (including phenoxy) is 1. The molecule has 0 bridgehead atoms. The Kier molecular flexibility index (Phi) is 6.35. The number of benzene rings is 2. The lowest BCUT2D eigenvalue weighted by Crippen LogP contribution is -2.26. The molecule has 3 aromatic rings. The van der Waals surface area contributed by atoms with Crippen LogP contribution in [-0.2, 0) is 0 Å². The summed E-state index contributed by atoms with van der Waals surface area (Å²) in [6.45, 7) is 0.947. The highest BCUT2D eigenvalue weighted by atomic mass is 32.1. The Morgan fingerprint density at radius 3 is 2.82 bits per heavy atom. The predicted octanol–water partition coefficient (Wildman–Crippen LogP) is 2.42. The Morgan fingerprint density at radius 2 is 2.04 bits per heavy atom. The maximum atomic E-state index is 12.4. The molecule has 0 aliphatic carbocycles. The molecule has 0 saturated carbocycles. The smallest absolute Gasteiger partial charge is 0.323 e. The summed E-state index contributed by atoms with van der Waals surface area (Å²) in [5, 5.41) is 8.23. The number of rotatable bonds is 7. The van der Waals surface area contributed by atoms with Gasteiger partial charge in [0.25, 0.3) is 5.91 Å². The van der Waals surface area contributed by atoms with Crippen LogP contribution >= 0.6 is 11.7 Å². The monoisotopic (exact) mass is 400 g/mol. The molecule has 9 nitrogen and oxygen atoms in total. The Labute approximate surface area is 165 Å². The van der Waals surface area contributed by atoms with Gasteiger partial charge < -0.3 is 26.4 Å². The SMILES string of the molecule is COc1ccc(NC(=O)Nc2cccc3nsnc23)cc1C(=O)NCCCN. The van der Waals surface area contributed by atoms with Crippen LogP contribution in [0.25, 0.3) is 11.0 Å². The fraction of sp³-hybridized carbons (Fsp3) is 0.222. The van der Waals surface area contributed by atoms with Crippen LogP contribution in [0.15, 0.2) is 36.4 Å². The fourth-order valence-electron chi connectivity index (χ4n) is 2.55. The summed E-state index contributed by atoms with van der Waals surface area (Å²) in [5.74, 6) is 0.113. The van der Waals surface area contributed by atoms with Gasteiger partial charge in [-0.15, -0.1) is 0 Å². The molecule has 0 fully saturated rings. The van der Waals surface area contributed by atoms with E-state index in [-0.39, 0.29) is 5.91 Å². The maximum Gasteiger partial charge on any atom is 0.323 e. The van der Waals surface area contributed by atoms with Crippen molar-refractivity contribution < 1.29 is 14.3 Å². The second-order valence-corrected chi connectivity index (χ2v) is 6.36. The Morgan fingerprint density at radius 1 is 1.18 bits per heavy atom. The quantitative estimate of drug-likeness (QED) is 0.451. The number of methoxy groups -OCH3 is 1. The second-order valence-electron chi connectivity index (χ2n) is 5.83. The molecule has 0 saturated heterocycles. The van der Waals surface area contributed by atoms with Crippen LogP contribution in [0.5, 0.6) is 5.75 Å². The largest absolute Gasteiger partial charge is 0.496 e. The summed E-state index contributed by atoms with van der Waals surface area (Å²) in [7, 11) is 1.48. The normalized spacial score (nSPS) is 10.5. The maximum absolute atomic E-state index is 12.4. The van der Waals surface area contributed by atoms with E-state index in [1.807, 2.05) is 6.07 Å². The van der Waals surface area contributed by atoms with E-state index >= 15 is 0 Å². The summed E-state index contributed by atoms with van der Waals surface area (Å²) in [5.41, 5.74) is 8.10.